The van der Waals surface area contributed by atoms with Crippen LogP contribution in [0.3, 0.4) is 0 Å². The first-order valence-corrected chi connectivity index (χ1v) is 47.8. The lowest BCUT2D eigenvalue weighted by atomic mass is 11.8. The molecule has 0 aromatic carbocycles. The third-order valence-electron chi connectivity index (χ3n) is 5.81. The molecule has 0 amide bonds. The summed E-state index contributed by atoms with van der Waals surface area (Å²) in [7, 11) is -32.9. The van der Waals surface area contributed by atoms with Gasteiger partial charge in [0.1, 0.15) is 0 Å². The highest BCUT2D eigenvalue weighted by molar-refractivity contribution is 6.95. The Hall–Kier alpha value is 2.08. The Morgan fingerprint density at radius 1 is 0.391 bits per heavy atom. The normalized spacial score (nSPS) is 32.2. The van der Waals surface area contributed by atoms with Crippen molar-refractivity contribution in [2.45, 2.75) is 137 Å². The van der Waals surface area contributed by atoms with Crippen LogP contribution in [-0.2, 0) is 53.5 Å². The second-order valence-corrected chi connectivity index (χ2v) is 57.4. The van der Waals surface area contributed by atoms with Gasteiger partial charge >= 0.3 is 95.6 Å². The van der Waals surface area contributed by atoms with Gasteiger partial charge in [-0.05, 0) is 118 Å². The highest BCUT2D eigenvalue weighted by Gasteiger charge is 2.60. The molecule has 0 aromatic heterocycles. The number of rotatable bonds is 10. The lowest BCUT2D eigenvalue weighted by Crippen LogP contribution is -2.69. The van der Waals surface area contributed by atoms with Crippen molar-refractivity contribution in [1.29, 1.82) is 0 Å². The molecule has 0 radical (unpaired) electrons. The fourth-order valence-corrected chi connectivity index (χ4v) is 65.7. The molecule has 2 fully saturated rings. The molecule has 0 spiro atoms. The second kappa shape index (κ2) is 14.1. The largest absolute Gasteiger partial charge is 0.472 e. The van der Waals surface area contributed by atoms with Gasteiger partial charge in [-0.15, -0.1) is 0 Å². The van der Waals surface area contributed by atoms with Crippen molar-refractivity contribution in [3.8, 4) is 0 Å². The molecular formula is C21H64O13Si12. The van der Waals surface area contributed by atoms with E-state index < -0.39 is 104 Å². The van der Waals surface area contributed by atoms with E-state index in [9.17, 15) is 0 Å². The molecule has 0 aromatic rings. The minimum Gasteiger partial charge on any atom is -0.418 e. The summed E-state index contributed by atoms with van der Waals surface area (Å²) in [6, 6.07) is 0. The van der Waals surface area contributed by atoms with E-state index in [1.54, 1.807) is 0 Å². The highest BCUT2D eigenvalue weighted by atomic mass is 28.6. The number of hydrogen-bond acceptors (Lipinski definition) is 13. The van der Waals surface area contributed by atoms with Crippen LogP contribution in [0.25, 0.3) is 0 Å². The van der Waals surface area contributed by atoms with Crippen LogP contribution in [-0.4, -0.2) is 104 Å². The van der Waals surface area contributed by atoms with Gasteiger partial charge < -0.3 is 53.5 Å². The van der Waals surface area contributed by atoms with E-state index >= 15 is 0 Å². The third-order valence-corrected chi connectivity index (χ3v) is 52.3. The van der Waals surface area contributed by atoms with E-state index in [0.717, 1.165) is 0 Å². The first-order valence-electron chi connectivity index (χ1n) is 15.9. The topological polar surface area (TPSA) is 120 Å². The van der Waals surface area contributed by atoms with Crippen LogP contribution in [0.4, 0.5) is 0 Å². The zero-order chi connectivity index (χ0) is 36.3. The molecule has 13 nitrogen and oxygen atoms in total. The van der Waals surface area contributed by atoms with Crippen molar-refractivity contribution < 1.29 is 53.5 Å². The second-order valence-electron chi connectivity index (χ2n) is 16.4. The summed E-state index contributed by atoms with van der Waals surface area (Å²) in [6.07, 6.45) is 0. The molecule has 0 bridgehead atoms. The summed E-state index contributed by atoms with van der Waals surface area (Å²) in [6.45, 7) is 42.3. The van der Waals surface area contributed by atoms with Crippen molar-refractivity contribution in [3.05, 3.63) is 0 Å². The maximum atomic E-state index is 6.82. The lowest BCUT2D eigenvalue weighted by Gasteiger charge is -2.49. The van der Waals surface area contributed by atoms with Crippen LogP contribution in [0.1, 0.15) is 0 Å². The molecule has 3 unspecified atom stereocenters. The van der Waals surface area contributed by atoms with Crippen LogP contribution in [0, 0.1) is 0 Å². The molecule has 0 aliphatic carbocycles. The minimum absolute atomic E-state index is 1.90. The Morgan fingerprint density at radius 3 is 1.15 bits per heavy atom. The minimum atomic E-state index is -3.35. The van der Waals surface area contributed by atoms with Crippen molar-refractivity contribution in [2.75, 3.05) is 0 Å². The van der Waals surface area contributed by atoms with Crippen LogP contribution < -0.4 is 0 Å². The van der Waals surface area contributed by atoms with Gasteiger partial charge in [-0.3, -0.25) is 0 Å². The van der Waals surface area contributed by atoms with Gasteiger partial charge in [0.15, 0.2) is 8.32 Å². The van der Waals surface area contributed by atoms with Gasteiger partial charge in [-0.2, -0.15) is 0 Å². The van der Waals surface area contributed by atoms with E-state index in [1.165, 1.54) is 0 Å². The van der Waals surface area contributed by atoms with Gasteiger partial charge in [0.05, 0.1) is 0 Å². The van der Waals surface area contributed by atoms with Gasteiger partial charge in [-0.25, -0.2) is 0 Å². The Labute approximate surface area is 293 Å². The summed E-state index contributed by atoms with van der Waals surface area (Å²) >= 11 is 0. The molecule has 2 saturated heterocycles. The standard InChI is InChI=1S/C21H64O13Si12/c1-35-22-37(5,6)29-45(20,24-36(2,3)4)34-44(19,23-35)30-40(11,12)25-38(7,8)26-41(13,14)31-46(21)32-42(15,16)27-39(9,10)28-43(17,18)33-46/h35H,1-21H3. The molecule has 2 heterocycles. The van der Waals surface area contributed by atoms with Gasteiger partial charge in [0.25, 0.3) is 0 Å². The summed E-state index contributed by atoms with van der Waals surface area (Å²) in [5, 5.41) is 0. The predicted octanol–water partition coefficient (Wildman–Crippen LogP) is 6.53. The summed E-state index contributed by atoms with van der Waals surface area (Å²) in [4.78, 5) is 0. The quantitative estimate of drug-likeness (QED) is 0.222. The Morgan fingerprint density at radius 2 is 0.739 bits per heavy atom. The molecule has 2 aliphatic heterocycles. The molecule has 0 saturated carbocycles. The Kier molecular flexibility index (Phi) is 13.6. The fourth-order valence-electron chi connectivity index (χ4n) is 6.56. The average molecular weight is 862 g/mol. The molecule has 3 atom stereocenters. The third kappa shape index (κ3) is 15.4. The number of hydrogen-bond donors (Lipinski definition) is 0. The smallest absolute Gasteiger partial charge is 0.418 e. The molecule has 46 heavy (non-hydrogen) atoms. The maximum Gasteiger partial charge on any atom is 0.472 e. The molecule has 2 rings (SSSR count). The molecular weight excluding hydrogens is 797 g/mol. The van der Waals surface area contributed by atoms with E-state index in [4.69, 9.17) is 53.5 Å². The Bertz CT molecular complexity index is 1050. The first kappa shape index (κ1) is 44.2. The molecule has 274 valence electrons. The van der Waals surface area contributed by atoms with Crippen molar-refractivity contribution in [3.63, 3.8) is 0 Å². The van der Waals surface area contributed by atoms with Crippen LogP contribution in [0.2, 0.25) is 137 Å². The van der Waals surface area contributed by atoms with Gasteiger partial charge in [0, 0.05) is 19.6 Å². The zero-order valence-electron chi connectivity index (χ0n) is 32.4. The molecule has 2 aliphatic rings. The van der Waals surface area contributed by atoms with Crippen molar-refractivity contribution >= 4 is 104 Å². The van der Waals surface area contributed by atoms with E-state index in [0.29, 0.717) is 0 Å². The van der Waals surface area contributed by atoms with Gasteiger partial charge in [-0.1, -0.05) is 0 Å². The van der Waals surface area contributed by atoms with Crippen LogP contribution in [0.5, 0.6) is 0 Å². The Balaban J connectivity index is 2.27. The monoisotopic (exact) mass is 860 g/mol. The van der Waals surface area contributed by atoms with Gasteiger partial charge in [0.2, 0.25) is 0 Å². The summed E-state index contributed by atoms with van der Waals surface area (Å²) in [5.41, 5.74) is 0. The van der Waals surface area contributed by atoms with E-state index in [1.807, 2.05) is 118 Å². The van der Waals surface area contributed by atoms with E-state index in [2.05, 4.69) is 19.6 Å². The average Bonchev–Trinajstić information content (AvgIpc) is 2.53. The maximum absolute atomic E-state index is 6.82. The fraction of sp³-hybridized carbons (Fsp3) is 1.00. The van der Waals surface area contributed by atoms with Crippen LogP contribution >= 0.6 is 0 Å². The SMILES string of the molecule is C[SiH]1O[Si](C)(C)O[Si](C)(O[Si](C)(C)C)O[Si](C)(O[Si](C)(C)O[Si](C)(C)O[Si](C)(C)O[Si]2(C)O[Si](C)(C)O[Si](C)(C)O[Si](C)(C)O2)O1. The zero-order valence-corrected chi connectivity index (χ0v) is 44.5. The van der Waals surface area contributed by atoms with Crippen molar-refractivity contribution in [1.82, 2.24) is 0 Å². The highest BCUT2D eigenvalue weighted by Crippen LogP contribution is 2.35. The van der Waals surface area contributed by atoms with E-state index in [-0.39, 0.29) is 0 Å². The first-order chi connectivity index (χ1) is 19.9. The predicted molar refractivity (Wildman–Crippen MR) is 208 cm³/mol. The van der Waals surface area contributed by atoms with Crippen LogP contribution in [0.15, 0.2) is 0 Å². The summed E-state index contributed by atoms with van der Waals surface area (Å²) < 4.78 is 86.5. The molecule has 25 heteroatoms. The molecule has 0 N–H and O–H groups in total. The lowest BCUT2D eigenvalue weighted by molar-refractivity contribution is 0.141. The van der Waals surface area contributed by atoms with Crippen molar-refractivity contribution in [2.24, 2.45) is 0 Å². The summed E-state index contributed by atoms with van der Waals surface area (Å²) in [5.74, 6) is 0.